The van der Waals surface area contributed by atoms with E-state index in [1.165, 1.54) is 24.5 Å². The van der Waals surface area contributed by atoms with E-state index in [-0.39, 0.29) is 12.5 Å². The third-order valence-electron chi connectivity index (χ3n) is 2.83. The summed E-state index contributed by atoms with van der Waals surface area (Å²) in [5, 5.41) is 0. The van der Waals surface area contributed by atoms with Crippen molar-refractivity contribution in [3.05, 3.63) is 27.4 Å². The van der Waals surface area contributed by atoms with Crippen LogP contribution in [0.1, 0.15) is 4.88 Å². The Hall–Kier alpha value is -1.37. The topological polar surface area (TPSA) is 55.8 Å². The smallest absolute Gasteiger partial charge is 0.336 e. The number of hydrogen-bond donors (Lipinski definition) is 0. The number of morpholine rings is 1. The van der Waals surface area contributed by atoms with Crippen molar-refractivity contribution in [2.45, 2.75) is 6.10 Å². The van der Waals surface area contributed by atoms with Gasteiger partial charge in [0.1, 0.15) is 0 Å². The second-order valence-corrected chi connectivity index (χ2v) is 5.89. The average Bonchev–Trinajstić information content (AvgIpc) is 2.89. The van der Waals surface area contributed by atoms with Gasteiger partial charge in [-0.1, -0.05) is 11.6 Å². The highest BCUT2D eigenvalue weighted by atomic mass is 35.5. The van der Waals surface area contributed by atoms with Gasteiger partial charge in [-0.3, -0.25) is 4.79 Å². The fourth-order valence-electron chi connectivity index (χ4n) is 1.80. The van der Waals surface area contributed by atoms with Gasteiger partial charge in [-0.05, 0) is 18.2 Å². The number of amides is 1. The number of rotatable bonds is 3. The molecule has 0 spiro atoms. The van der Waals surface area contributed by atoms with Crippen molar-refractivity contribution in [3.63, 3.8) is 0 Å². The fraction of sp³-hybridized carbons (Fsp3) is 0.385. The molecule has 0 saturated carbocycles. The van der Waals surface area contributed by atoms with Crippen molar-refractivity contribution < 1.29 is 19.1 Å². The normalized spacial score (nSPS) is 19.3. The first-order chi connectivity index (χ1) is 9.60. The number of nitrogens with zero attached hydrogens (tertiary/aromatic N) is 1. The summed E-state index contributed by atoms with van der Waals surface area (Å²) >= 11 is 7.21. The van der Waals surface area contributed by atoms with Crippen LogP contribution in [0, 0.1) is 0 Å². The van der Waals surface area contributed by atoms with Crippen molar-refractivity contribution in [1.29, 1.82) is 0 Å². The number of ether oxygens (including phenoxy) is 2. The predicted molar refractivity (Wildman–Crippen MR) is 76.7 cm³/mol. The molecule has 5 nitrogen and oxygen atoms in total. The Morgan fingerprint density at radius 3 is 3.00 bits per heavy atom. The highest BCUT2D eigenvalue weighted by Crippen LogP contribution is 2.22. The molecule has 0 N–H and O–H groups in total. The number of thiophene rings is 1. The molecule has 20 heavy (non-hydrogen) atoms. The Morgan fingerprint density at radius 2 is 2.35 bits per heavy atom. The predicted octanol–water partition coefficient (Wildman–Crippen LogP) is 1.82. The molecule has 1 amide bonds. The van der Waals surface area contributed by atoms with Crippen molar-refractivity contribution in [2.75, 3.05) is 26.8 Å². The summed E-state index contributed by atoms with van der Waals surface area (Å²) in [5.74, 6) is -0.622. The Kier molecular flexibility index (Phi) is 5.17. The second-order valence-electron chi connectivity index (χ2n) is 4.14. The van der Waals surface area contributed by atoms with Crippen LogP contribution in [0.25, 0.3) is 6.08 Å². The molecule has 1 aliphatic rings. The van der Waals surface area contributed by atoms with Crippen LogP contribution >= 0.6 is 22.9 Å². The quantitative estimate of drug-likeness (QED) is 0.630. The molecule has 1 unspecified atom stereocenters. The van der Waals surface area contributed by atoms with Crippen LogP contribution in [0.3, 0.4) is 0 Å². The van der Waals surface area contributed by atoms with E-state index < -0.39 is 12.1 Å². The maximum absolute atomic E-state index is 12.0. The fourth-order valence-corrected chi connectivity index (χ4v) is 2.76. The van der Waals surface area contributed by atoms with Crippen LogP contribution in [-0.2, 0) is 19.1 Å². The van der Waals surface area contributed by atoms with Gasteiger partial charge in [0.15, 0.2) is 6.10 Å². The van der Waals surface area contributed by atoms with E-state index in [1.807, 2.05) is 6.07 Å². The Balaban J connectivity index is 1.95. The molecular weight excluding hydrogens is 302 g/mol. The van der Waals surface area contributed by atoms with Crippen LogP contribution in [-0.4, -0.2) is 49.7 Å². The monoisotopic (exact) mass is 315 g/mol. The van der Waals surface area contributed by atoms with E-state index in [0.29, 0.717) is 17.5 Å². The van der Waals surface area contributed by atoms with Gasteiger partial charge in [0.2, 0.25) is 5.91 Å². The highest BCUT2D eigenvalue weighted by Gasteiger charge is 2.28. The molecule has 7 heteroatoms. The number of carbonyl (C=O) groups is 2. The molecule has 0 aliphatic carbocycles. The second kappa shape index (κ2) is 6.88. The van der Waals surface area contributed by atoms with Gasteiger partial charge < -0.3 is 14.4 Å². The first-order valence-corrected chi connectivity index (χ1v) is 7.21. The molecule has 0 bridgehead atoms. The summed E-state index contributed by atoms with van der Waals surface area (Å²) in [5.41, 5.74) is 0. The zero-order valence-corrected chi connectivity index (χ0v) is 12.4. The zero-order valence-electron chi connectivity index (χ0n) is 10.9. The molecule has 1 aromatic heterocycles. The maximum Gasteiger partial charge on any atom is 0.336 e. The molecule has 1 aliphatic heterocycles. The molecule has 0 radical (unpaired) electrons. The van der Waals surface area contributed by atoms with Gasteiger partial charge in [0, 0.05) is 17.5 Å². The van der Waals surface area contributed by atoms with E-state index in [2.05, 4.69) is 4.74 Å². The van der Waals surface area contributed by atoms with Gasteiger partial charge in [-0.2, -0.15) is 0 Å². The van der Waals surface area contributed by atoms with Crippen LogP contribution in [0.4, 0.5) is 0 Å². The molecule has 2 rings (SSSR count). The molecule has 108 valence electrons. The molecule has 2 heterocycles. The van der Waals surface area contributed by atoms with E-state index >= 15 is 0 Å². The number of esters is 1. The van der Waals surface area contributed by atoms with Gasteiger partial charge in [0.25, 0.3) is 0 Å². The number of halogens is 1. The van der Waals surface area contributed by atoms with Crippen molar-refractivity contribution in [2.24, 2.45) is 0 Å². The summed E-state index contributed by atoms with van der Waals surface area (Å²) in [7, 11) is 1.30. The highest BCUT2D eigenvalue weighted by molar-refractivity contribution is 7.17. The average molecular weight is 316 g/mol. The first kappa shape index (κ1) is 15.0. The van der Waals surface area contributed by atoms with Crippen molar-refractivity contribution in [1.82, 2.24) is 4.90 Å². The molecule has 1 fully saturated rings. The Morgan fingerprint density at radius 1 is 1.55 bits per heavy atom. The first-order valence-electron chi connectivity index (χ1n) is 6.02. The minimum atomic E-state index is -0.706. The van der Waals surface area contributed by atoms with E-state index in [4.69, 9.17) is 16.3 Å². The van der Waals surface area contributed by atoms with Crippen molar-refractivity contribution in [3.8, 4) is 0 Å². The SMILES string of the molecule is COC(=O)C1CN(C(=O)/C=C/c2ccc(Cl)s2)CCO1. The van der Waals surface area contributed by atoms with E-state index in [1.54, 1.807) is 17.0 Å². The van der Waals surface area contributed by atoms with Crippen LogP contribution in [0.15, 0.2) is 18.2 Å². The van der Waals surface area contributed by atoms with Gasteiger partial charge in [-0.15, -0.1) is 11.3 Å². The Labute approximate surface area is 125 Å². The number of carbonyl (C=O) groups excluding carboxylic acids is 2. The molecule has 1 aromatic rings. The molecular formula is C13H14ClNO4S. The largest absolute Gasteiger partial charge is 0.467 e. The van der Waals surface area contributed by atoms with Crippen molar-refractivity contribution >= 4 is 40.9 Å². The van der Waals surface area contributed by atoms with Gasteiger partial charge in [-0.25, -0.2) is 4.79 Å². The lowest BCUT2D eigenvalue weighted by Gasteiger charge is -2.30. The van der Waals surface area contributed by atoms with E-state index in [0.717, 1.165) is 4.88 Å². The summed E-state index contributed by atoms with van der Waals surface area (Å²) in [6.07, 6.45) is 2.48. The Bertz CT molecular complexity index is 528. The van der Waals surface area contributed by atoms with Crippen LogP contribution < -0.4 is 0 Å². The van der Waals surface area contributed by atoms with Gasteiger partial charge >= 0.3 is 5.97 Å². The number of hydrogen-bond acceptors (Lipinski definition) is 5. The summed E-state index contributed by atoms with van der Waals surface area (Å²) in [6, 6.07) is 3.62. The third kappa shape index (κ3) is 3.82. The minimum absolute atomic E-state index is 0.160. The zero-order chi connectivity index (χ0) is 14.5. The standard InChI is InChI=1S/C13H14ClNO4S/c1-18-13(17)10-8-15(6-7-19-10)12(16)5-3-9-2-4-11(14)20-9/h2-5,10H,6-8H2,1H3/b5-3+. The minimum Gasteiger partial charge on any atom is -0.467 e. The third-order valence-corrected chi connectivity index (χ3v) is 4.02. The molecule has 0 aromatic carbocycles. The lowest BCUT2D eigenvalue weighted by atomic mass is 10.2. The molecule has 1 atom stereocenters. The molecule has 1 saturated heterocycles. The van der Waals surface area contributed by atoms with E-state index in [9.17, 15) is 9.59 Å². The summed E-state index contributed by atoms with van der Waals surface area (Å²) in [6.45, 7) is 0.993. The lowest BCUT2D eigenvalue weighted by Crippen LogP contribution is -2.48. The summed E-state index contributed by atoms with van der Waals surface area (Å²) in [4.78, 5) is 25.9. The summed E-state index contributed by atoms with van der Waals surface area (Å²) < 4.78 is 10.6. The maximum atomic E-state index is 12.0. The number of methoxy groups -OCH3 is 1. The lowest BCUT2D eigenvalue weighted by molar-refractivity contribution is -0.161. The van der Waals surface area contributed by atoms with Crippen LogP contribution in [0.2, 0.25) is 4.34 Å². The van der Waals surface area contributed by atoms with Gasteiger partial charge in [0.05, 0.1) is 24.6 Å². The van der Waals surface area contributed by atoms with Crippen LogP contribution in [0.5, 0.6) is 0 Å².